The molecule has 1 aliphatic heterocycles. The summed E-state index contributed by atoms with van der Waals surface area (Å²) in [7, 11) is 3.67. The Hall–Kier alpha value is -2.29. The van der Waals surface area contributed by atoms with Gasteiger partial charge in [-0.25, -0.2) is 4.98 Å². The first-order chi connectivity index (χ1) is 16.0. The molecule has 1 saturated heterocycles. The molecule has 0 aliphatic carbocycles. The van der Waals surface area contributed by atoms with E-state index in [2.05, 4.69) is 59.6 Å². The number of benzene rings is 1. The van der Waals surface area contributed by atoms with Crippen molar-refractivity contribution in [3.63, 3.8) is 0 Å². The lowest BCUT2D eigenvalue weighted by molar-refractivity contribution is 0.0699. The zero-order chi connectivity index (χ0) is 24.8. The van der Waals surface area contributed by atoms with Crippen LogP contribution in [-0.2, 0) is 19.0 Å². The third-order valence-corrected chi connectivity index (χ3v) is 7.44. The maximum atomic E-state index is 13.3. The number of nitrogens with one attached hydrogen (secondary N) is 3. The van der Waals surface area contributed by atoms with Crippen molar-refractivity contribution in [3.8, 4) is 0 Å². The van der Waals surface area contributed by atoms with Crippen LogP contribution >= 0.6 is 23.2 Å². The van der Waals surface area contributed by atoms with Crippen LogP contribution < -0.4 is 10.6 Å². The highest BCUT2D eigenvalue weighted by Gasteiger charge is 2.34. The Morgan fingerprint density at radius 1 is 1.29 bits per heavy atom. The predicted octanol–water partition coefficient (Wildman–Crippen LogP) is 4.58. The van der Waals surface area contributed by atoms with Gasteiger partial charge >= 0.3 is 0 Å². The summed E-state index contributed by atoms with van der Waals surface area (Å²) in [6.07, 6.45) is 1.02. The molecule has 184 valence electrons. The lowest BCUT2D eigenvalue weighted by Gasteiger charge is -2.28. The predicted molar refractivity (Wildman–Crippen MR) is 138 cm³/mol. The molecular weight excluding hydrogens is 473 g/mol. The number of halogens is 2. The first-order valence-corrected chi connectivity index (χ1v) is 12.4. The first-order valence-electron chi connectivity index (χ1n) is 11.6. The Kier molecular flexibility index (Phi) is 6.86. The van der Waals surface area contributed by atoms with E-state index in [1.54, 1.807) is 9.47 Å². The third-order valence-electron chi connectivity index (χ3n) is 6.87. The standard InChI is InChI=1S/C24H33Cl2N7O/c1-7-13-10-27-11-18(13)32(5)23(34)20-21(26)29-19(33(20)6)12-28-22-14-8-15(24(2,3)4)16(25)9-17(14)30-31-22/h8-9,13,18,27H,7,10-12H2,1-6H3,(H2,28,30,31)/t13-,18+/m1/s1. The molecule has 3 N–H and O–H groups in total. The molecule has 0 spiro atoms. The molecule has 1 amide bonds. The van der Waals surface area contributed by atoms with Gasteiger partial charge in [0.1, 0.15) is 11.5 Å². The summed E-state index contributed by atoms with van der Waals surface area (Å²) in [6, 6.07) is 4.12. The average Bonchev–Trinajstić information content (AvgIpc) is 3.47. The van der Waals surface area contributed by atoms with Crippen molar-refractivity contribution in [1.82, 2.24) is 30.0 Å². The van der Waals surface area contributed by atoms with E-state index < -0.39 is 0 Å². The molecule has 2 aromatic heterocycles. The molecule has 34 heavy (non-hydrogen) atoms. The van der Waals surface area contributed by atoms with Crippen LogP contribution in [-0.4, -0.2) is 56.7 Å². The molecule has 2 atom stereocenters. The fourth-order valence-corrected chi connectivity index (χ4v) is 5.47. The fourth-order valence-electron chi connectivity index (χ4n) is 4.72. The summed E-state index contributed by atoms with van der Waals surface area (Å²) >= 11 is 12.9. The monoisotopic (exact) mass is 505 g/mol. The molecule has 0 radical (unpaired) electrons. The number of carbonyl (C=O) groups excluding carboxylic acids is 1. The number of H-pyrrole nitrogens is 1. The van der Waals surface area contributed by atoms with Crippen LogP contribution in [0.5, 0.6) is 0 Å². The van der Waals surface area contributed by atoms with E-state index >= 15 is 0 Å². The van der Waals surface area contributed by atoms with Crippen LogP contribution in [0.2, 0.25) is 10.2 Å². The number of aromatic nitrogens is 4. The van der Waals surface area contributed by atoms with Crippen LogP contribution in [0.1, 0.15) is 56.0 Å². The number of amides is 1. The van der Waals surface area contributed by atoms with Crippen molar-refractivity contribution in [3.05, 3.63) is 39.4 Å². The Morgan fingerprint density at radius 2 is 2.03 bits per heavy atom. The van der Waals surface area contributed by atoms with Crippen molar-refractivity contribution >= 4 is 45.8 Å². The van der Waals surface area contributed by atoms with Crippen LogP contribution in [0, 0.1) is 5.92 Å². The molecule has 1 fully saturated rings. The molecule has 3 heterocycles. The molecular formula is C24H33Cl2N7O. The van der Waals surface area contributed by atoms with Gasteiger partial charge in [0.15, 0.2) is 11.0 Å². The molecule has 1 aliphatic rings. The average molecular weight is 506 g/mol. The SMILES string of the molecule is CC[C@@H]1CNC[C@@H]1N(C)C(=O)c1c(Cl)nc(CNc2n[nH]c3cc(Cl)c(C(C)(C)C)cc23)n1C. The highest BCUT2D eigenvalue weighted by atomic mass is 35.5. The summed E-state index contributed by atoms with van der Waals surface area (Å²) in [5.41, 5.74) is 2.21. The maximum Gasteiger partial charge on any atom is 0.273 e. The summed E-state index contributed by atoms with van der Waals surface area (Å²) in [5.74, 6) is 1.67. The summed E-state index contributed by atoms with van der Waals surface area (Å²) in [4.78, 5) is 19.6. The van der Waals surface area contributed by atoms with E-state index in [0.29, 0.717) is 34.8 Å². The number of fused-ring (bicyclic) bond motifs is 1. The number of anilines is 1. The highest BCUT2D eigenvalue weighted by molar-refractivity contribution is 6.32. The minimum Gasteiger partial charge on any atom is -0.361 e. The van der Waals surface area contributed by atoms with Crippen molar-refractivity contribution in [2.24, 2.45) is 13.0 Å². The van der Waals surface area contributed by atoms with Gasteiger partial charge in [0.05, 0.1) is 12.1 Å². The van der Waals surface area contributed by atoms with Gasteiger partial charge in [0.25, 0.3) is 5.91 Å². The van der Waals surface area contributed by atoms with Gasteiger partial charge in [0, 0.05) is 43.6 Å². The first kappa shape index (κ1) is 24.8. The second-order valence-corrected chi connectivity index (χ2v) is 10.9. The summed E-state index contributed by atoms with van der Waals surface area (Å²) < 4.78 is 1.77. The van der Waals surface area contributed by atoms with Gasteiger partial charge in [-0.05, 0) is 29.0 Å². The van der Waals surface area contributed by atoms with E-state index in [4.69, 9.17) is 23.2 Å². The van der Waals surface area contributed by atoms with Crippen LogP contribution in [0.25, 0.3) is 10.9 Å². The van der Waals surface area contributed by atoms with Gasteiger partial charge in [0.2, 0.25) is 0 Å². The van der Waals surface area contributed by atoms with Gasteiger partial charge in [-0.15, -0.1) is 0 Å². The zero-order valence-electron chi connectivity index (χ0n) is 20.6. The Balaban J connectivity index is 1.56. The van der Waals surface area contributed by atoms with Crippen molar-refractivity contribution < 1.29 is 4.79 Å². The smallest absolute Gasteiger partial charge is 0.273 e. The van der Waals surface area contributed by atoms with E-state index in [1.807, 2.05) is 20.2 Å². The van der Waals surface area contributed by atoms with E-state index in [0.717, 1.165) is 36.0 Å². The van der Waals surface area contributed by atoms with Crippen molar-refractivity contribution in [1.29, 1.82) is 0 Å². The lowest BCUT2D eigenvalue weighted by Crippen LogP contribution is -2.42. The highest BCUT2D eigenvalue weighted by Crippen LogP contribution is 2.35. The molecule has 0 saturated carbocycles. The number of nitrogens with zero attached hydrogens (tertiary/aromatic N) is 4. The minimum atomic E-state index is -0.118. The Morgan fingerprint density at radius 3 is 2.71 bits per heavy atom. The molecule has 0 unspecified atom stereocenters. The second-order valence-electron chi connectivity index (χ2n) is 10.1. The number of hydrogen-bond acceptors (Lipinski definition) is 5. The second kappa shape index (κ2) is 9.40. The zero-order valence-corrected chi connectivity index (χ0v) is 22.1. The lowest BCUT2D eigenvalue weighted by atomic mass is 9.86. The van der Waals surface area contributed by atoms with Gasteiger partial charge in [-0.3, -0.25) is 9.89 Å². The molecule has 0 bridgehead atoms. The van der Waals surface area contributed by atoms with Crippen molar-refractivity contribution in [2.45, 2.75) is 52.1 Å². The number of likely N-dealkylation sites (N-methyl/N-ethyl adjacent to an activating group) is 1. The van der Waals surface area contributed by atoms with Crippen molar-refractivity contribution in [2.75, 3.05) is 25.5 Å². The normalized spacial score (nSPS) is 18.6. The molecule has 3 aromatic rings. The summed E-state index contributed by atoms with van der Waals surface area (Å²) in [6.45, 7) is 10.6. The Bertz CT molecular complexity index is 1210. The van der Waals surface area contributed by atoms with E-state index in [1.165, 1.54) is 0 Å². The molecule has 8 nitrogen and oxygen atoms in total. The maximum absolute atomic E-state index is 13.3. The van der Waals surface area contributed by atoms with E-state index in [-0.39, 0.29) is 22.5 Å². The van der Waals surface area contributed by atoms with Gasteiger partial charge < -0.3 is 20.1 Å². The Labute approximate surface area is 210 Å². The number of aromatic amines is 1. The number of rotatable bonds is 6. The van der Waals surface area contributed by atoms with Crippen LogP contribution in [0.3, 0.4) is 0 Å². The minimum absolute atomic E-state index is 0.0973. The van der Waals surface area contributed by atoms with E-state index in [9.17, 15) is 4.79 Å². The largest absolute Gasteiger partial charge is 0.361 e. The molecule has 4 rings (SSSR count). The van der Waals surface area contributed by atoms with Gasteiger partial charge in [-0.1, -0.05) is 57.3 Å². The summed E-state index contributed by atoms with van der Waals surface area (Å²) in [5, 5.41) is 16.0. The number of imidazole rings is 1. The van der Waals surface area contributed by atoms with Gasteiger partial charge in [-0.2, -0.15) is 5.10 Å². The quantitative estimate of drug-likeness (QED) is 0.455. The molecule has 1 aromatic carbocycles. The number of hydrogen-bond donors (Lipinski definition) is 3. The fraction of sp³-hybridized carbons (Fsp3) is 0.542. The van der Waals surface area contributed by atoms with Crippen LogP contribution in [0.15, 0.2) is 12.1 Å². The molecule has 10 heteroatoms. The third kappa shape index (κ3) is 4.51. The number of carbonyl (C=O) groups is 1. The topological polar surface area (TPSA) is 90.9 Å². The van der Waals surface area contributed by atoms with Crippen LogP contribution in [0.4, 0.5) is 5.82 Å².